The molecule has 2 aromatic heterocycles. The van der Waals surface area contributed by atoms with Crippen molar-refractivity contribution >= 4 is 11.2 Å². The molecule has 3 aromatic rings. The predicted octanol–water partition coefficient (Wildman–Crippen LogP) is 3.25. The van der Waals surface area contributed by atoms with Crippen molar-refractivity contribution < 1.29 is 5.11 Å². The fourth-order valence-electron chi connectivity index (χ4n) is 3.02. The Morgan fingerprint density at radius 3 is 2.90 bits per heavy atom. The Morgan fingerprint density at radius 2 is 2.10 bits per heavy atom. The van der Waals surface area contributed by atoms with Crippen LogP contribution >= 0.6 is 0 Å². The van der Waals surface area contributed by atoms with Gasteiger partial charge in [0.15, 0.2) is 5.65 Å². The van der Waals surface area contributed by atoms with Gasteiger partial charge in [-0.25, -0.2) is 9.67 Å². The van der Waals surface area contributed by atoms with Crippen molar-refractivity contribution in [3.63, 3.8) is 0 Å². The highest BCUT2D eigenvalue weighted by Crippen LogP contribution is 2.32. The fourth-order valence-corrected chi connectivity index (χ4v) is 3.02. The van der Waals surface area contributed by atoms with Gasteiger partial charge in [-0.15, -0.1) is 0 Å². The summed E-state index contributed by atoms with van der Waals surface area (Å²) < 4.78 is 2.05. The zero-order valence-corrected chi connectivity index (χ0v) is 11.1. The highest BCUT2D eigenvalue weighted by molar-refractivity contribution is 5.76. The molecule has 2 N–H and O–H groups in total. The van der Waals surface area contributed by atoms with E-state index in [1.54, 1.807) is 12.1 Å². The number of aromatic hydroxyl groups is 1. The number of fused-ring (bicyclic) bond motifs is 1. The van der Waals surface area contributed by atoms with Gasteiger partial charge in [0, 0.05) is 5.56 Å². The first-order chi connectivity index (χ1) is 9.81. The van der Waals surface area contributed by atoms with E-state index in [1.165, 1.54) is 25.7 Å². The highest BCUT2D eigenvalue weighted by Gasteiger charge is 2.21. The molecule has 102 valence electrons. The van der Waals surface area contributed by atoms with Gasteiger partial charge in [0.25, 0.3) is 0 Å². The molecule has 0 radical (unpaired) electrons. The van der Waals surface area contributed by atoms with E-state index < -0.39 is 0 Å². The van der Waals surface area contributed by atoms with Crippen LogP contribution in [0.4, 0.5) is 0 Å². The normalized spacial score (nSPS) is 16.2. The molecule has 0 atom stereocenters. The van der Waals surface area contributed by atoms with Gasteiger partial charge >= 0.3 is 0 Å². The van der Waals surface area contributed by atoms with Gasteiger partial charge in [-0.3, -0.25) is 0 Å². The smallest absolute Gasteiger partial charge is 0.177 e. The maximum absolute atomic E-state index is 9.57. The molecule has 1 saturated carbocycles. The van der Waals surface area contributed by atoms with Gasteiger partial charge in [-0.05, 0) is 25.0 Å². The Balaban J connectivity index is 1.79. The van der Waals surface area contributed by atoms with E-state index in [0.29, 0.717) is 6.04 Å². The molecule has 2 heterocycles. The summed E-state index contributed by atoms with van der Waals surface area (Å²) in [6, 6.07) is 7.61. The number of rotatable bonds is 2. The van der Waals surface area contributed by atoms with E-state index in [4.69, 9.17) is 0 Å². The third kappa shape index (κ3) is 1.78. The second kappa shape index (κ2) is 4.37. The third-order valence-corrected chi connectivity index (χ3v) is 4.03. The Morgan fingerprint density at radius 1 is 1.25 bits per heavy atom. The van der Waals surface area contributed by atoms with Gasteiger partial charge in [-0.1, -0.05) is 25.0 Å². The summed E-state index contributed by atoms with van der Waals surface area (Å²) in [5, 5.41) is 14.0. The summed E-state index contributed by atoms with van der Waals surface area (Å²) in [6.45, 7) is 0. The van der Waals surface area contributed by atoms with Crippen LogP contribution in [-0.2, 0) is 0 Å². The molecule has 0 unspecified atom stereocenters. The van der Waals surface area contributed by atoms with Crippen molar-refractivity contribution in [1.82, 2.24) is 19.7 Å². The van der Waals surface area contributed by atoms with E-state index in [9.17, 15) is 5.11 Å². The minimum atomic E-state index is 0.250. The molecule has 0 aliphatic heterocycles. The number of hydrogen-bond acceptors (Lipinski definition) is 3. The van der Waals surface area contributed by atoms with Crippen molar-refractivity contribution in [1.29, 1.82) is 0 Å². The summed E-state index contributed by atoms with van der Waals surface area (Å²) in [7, 11) is 0. The van der Waals surface area contributed by atoms with Crippen LogP contribution in [-0.4, -0.2) is 24.9 Å². The predicted molar refractivity (Wildman–Crippen MR) is 76.5 cm³/mol. The third-order valence-electron chi connectivity index (χ3n) is 4.03. The molecule has 4 rings (SSSR count). The van der Waals surface area contributed by atoms with E-state index in [0.717, 1.165) is 22.6 Å². The molecule has 0 bridgehead atoms. The Kier molecular flexibility index (Phi) is 2.52. The van der Waals surface area contributed by atoms with E-state index >= 15 is 0 Å². The average Bonchev–Trinajstić information content (AvgIpc) is 3.14. The molecular formula is C15H16N4O. The molecular weight excluding hydrogens is 252 g/mol. The first kappa shape index (κ1) is 11.5. The topological polar surface area (TPSA) is 66.7 Å². The van der Waals surface area contributed by atoms with Gasteiger partial charge in [0.1, 0.15) is 17.1 Å². The fraction of sp³-hybridized carbons (Fsp3) is 0.333. The number of aromatic nitrogens is 4. The lowest BCUT2D eigenvalue weighted by atomic mass is 10.2. The zero-order valence-electron chi connectivity index (χ0n) is 11.1. The highest BCUT2D eigenvalue weighted by atomic mass is 16.3. The lowest BCUT2D eigenvalue weighted by Crippen LogP contribution is -2.06. The second-order valence-electron chi connectivity index (χ2n) is 5.40. The summed E-state index contributed by atoms with van der Waals surface area (Å²) in [5.41, 5.74) is 2.75. The van der Waals surface area contributed by atoms with E-state index in [-0.39, 0.29) is 5.75 Å². The quantitative estimate of drug-likeness (QED) is 0.749. The summed E-state index contributed by atoms with van der Waals surface area (Å²) in [4.78, 5) is 7.94. The number of phenolic OH excluding ortho intramolecular Hbond substituents is 1. The van der Waals surface area contributed by atoms with E-state index in [1.807, 2.05) is 23.0 Å². The standard InChI is InChI=1S/C15H16N4O/c20-12-7-3-4-10(8-12)14-17-13-9-16-19(15(13)18-14)11-5-1-2-6-11/h3-4,7-9,11,20H,1-2,5-6H2,(H,17,18). The number of nitrogens with one attached hydrogen (secondary N) is 1. The van der Waals surface area contributed by atoms with Crippen molar-refractivity contribution in [2.75, 3.05) is 0 Å². The molecule has 1 aliphatic carbocycles. The summed E-state index contributed by atoms with van der Waals surface area (Å²) >= 11 is 0. The van der Waals surface area contributed by atoms with Crippen molar-refractivity contribution in [3.05, 3.63) is 30.5 Å². The molecule has 0 saturated heterocycles. The van der Waals surface area contributed by atoms with Gasteiger partial charge in [-0.2, -0.15) is 5.10 Å². The first-order valence-corrected chi connectivity index (χ1v) is 7.04. The second-order valence-corrected chi connectivity index (χ2v) is 5.40. The molecule has 5 heteroatoms. The van der Waals surface area contributed by atoms with Gasteiger partial charge in [0.05, 0.1) is 12.2 Å². The minimum absolute atomic E-state index is 0.250. The van der Waals surface area contributed by atoms with Crippen LogP contribution in [0.1, 0.15) is 31.7 Å². The van der Waals surface area contributed by atoms with Crippen LogP contribution < -0.4 is 0 Å². The van der Waals surface area contributed by atoms with Crippen molar-refractivity contribution in [2.24, 2.45) is 0 Å². The molecule has 5 nitrogen and oxygen atoms in total. The number of aromatic amines is 1. The summed E-state index contributed by atoms with van der Waals surface area (Å²) in [6.07, 6.45) is 6.76. The van der Waals surface area contributed by atoms with Crippen molar-refractivity contribution in [3.8, 4) is 17.1 Å². The molecule has 1 aromatic carbocycles. The number of nitrogens with zero attached hydrogens (tertiary/aromatic N) is 3. The lowest BCUT2D eigenvalue weighted by Gasteiger charge is -2.08. The van der Waals surface area contributed by atoms with Crippen LogP contribution in [0.15, 0.2) is 30.5 Å². The molecule has 20 heavy (non-hydrogen) atoms. The van der Waals surface area contributed by atoms with Crippen LogP contribution in [0.25, 0.3) is 22.6 Å². The molecule has 1 fully saturated rings. The van der Waals surface area contributed by atoms with Crippen LogP contribution in [0.2, 0.25) is 0 Å². The Bertz CT molecular complexity index is 752. The number of hydrogen-bond donors (Lipinski definition) is 2. The van der Waals surface area contributed by atoms with Crippen LogP contribution in [0.3, 0.4) is 0 Å². The van der Waals surface area contributed by atoms with Gasteiger partial charge in [0.2, 0.25) is 0 Å². The molecule has 0 spiro atoms. The number of phenols is 1. The maximum Gasteiger partial charge on any atom is 0.177 e. The SMILES string of the molecule is Oc1cccc(-c2nc3c(cnn3C3CCCC3)[nH]2)c1. The maximum atomic E-state index is 9.57. The Labute approximate surface area is 116 Å². The number of H-pyrrole nitrogens is 1. The first-order valence-electron chi connectivity index (χ1n) is 7.04. The minimum Gasteiger partial charge on any atom is -0.508 e. The van der Waals surface area contributed by atoms with Crippen molar-refractivity contribution in [2.45, 2.75) is 31.7 Å². The lowest BCUT2D eigenvalue weighted by molar-refractivity contribution is 0.475. The molecule has 0 amide bonds. The number of benzene rings is 1. The largest absolute Gasteiger partial charge is 0.508 e. The Hall–Kier alpha value is -2.30. The average molecular weight is 268 g/mol. The molecule has 1 aliphatic rings. The zero-order chi connectivity index (χ0) is 13.5. The van der Waals surface area contributed by atoms with Crippen LogP contribution in [0.5, 0.6) is 5.75 Å². The number of imidazole rings is 1. The van der Waals surface area contributed by atoms with Crippen LogP contribution in [0, 0.1) is 0 Å². The summed E-state index contributed by atoms with van der Waals surface area (Å²) in [5.74, 6) is 1.03. The van der Waals surface area contributed by atoms with E-state index in [2.05, 4.69) is 15.1 Å². The monoisotopic (exact) mass is 268 g/mol. The van der Waals surface area contributed by atoms with Gasteiger partial charge < -0.3 is 10.1 Å².